The van der Waals surface area contributed by atoms with E-state index in [9.17, 15) is 4.79 Å². The Morgan fingerprint density at radius 2 is 1.72 bits per heavy atom. The van der Waals surface area contributed by atoms with Crippen molar-refractivity contribution in [3.8, 4) is 0 Å². The summed E-state index contributed by atoms with van der Waals surface area (Å²) in [6.45, 7) is 8.66. The fraction of sp³-hybridized carbons (Fsp3) is 0.400. The fourth-order valence-electron chi connectivity index (χ4n) is 2.04. The van der Waals surface area contributed by atoms with Gasteiger partial charge in [0.2, 0.25) is 0 Å². The zero-order valence-corrected chi connectivity index (χ0v) is 12.9. The van der Waals surface area contributed by atoms with Gasteiger partial charge in [0, 0.05) is 5.57 Å². The SMILES string of the molecule is COC(=O)/C(C)=C(/Cc1ccccc1)[Si](C)(C)C. The van der Waals surface area contributed by atoms with Gasteiger partial charge in [-0.3, -0.25) is 0 Å². The van der Waals surface area contributed by atoms with Crippen molar-refractivity contribution in [2.75, 3.05) is 7.11 Å². The maximum atomic E-state index is 11.7. The number of carbonyl (C=O) groups is 1. The Bertz CT molecular complexity index is 441. The van der Waals surface area contributed by atoms with E-state index in [0.29, 0.717) is 0 Å². The van der Waals surface area contributed by atoms with Gasteiger partial charge in [-0.2, -0.15) is 0 Å². The minimum absolute atomic E-state index is 0.205. The first-order chi connectivity index (χ1) is 8.36. The van der Waals surface area contributed by atoms with Gasteiger partial charge in [-0.1, -0.05) is 55.2 Å². The topological polar surface area (TPSA) is 26.3 Å². The minimum atomic E-state index is -1.53. The van der Waals surface area contributed by atoms with Crippen LogP contribution in [0.1, 0.15) is 12.5 Å². The highest BCUT2D eigenvalue weighted by Gasteiger charge is 2.24. The average molecular weight is 262 g/mol. The summed E-state index contributed by atoms with van der Waals surface area (Å²) in [5.41, 5.74) is 2.03. The van der Waals surface area contributed by atoms with Crippen LogP contribution in [0.2, 0.25) is 19.6 Å². The number of methoxy groups -OCH3 is 1. The number of hydrogen-bond donors (Lipinski definition) is 0. The average Bonchev–Trinajstić information content (AvgIpc) is 2.34. The van der Waals surface area contributed by atoms with Gasteiger partial charge in [0.25, 0.3) is 0 Å². The Balaban J connectivity index is 3.12. The van der Waals surface area contributed by atoms with Crippen LogP contribution in [-0.2, 0) is 16.0 Å². The molecule has 0 amide bonds. The summed E-state index contributed by atoms with van der Waals surface area (Å²) < 4.78 is 4.85. The molecule has 18 heavy (non-hydrogen) atoms. The number of hydrogen-bond acceptors (Lipinski definition) is 2. The molecule has 98 valence electrons. The molecule has 0 fully saturated rings. The van der Waals surface area contributed by atoms with Crippen LogP contribution in [0.4, 0.5) is 0 Å². The molecule has 0 aliphatic rings. The van der Waals surface area contributed by atoms with Gasteiger partial charge in [0.15, 0.2) is 0 Å². The monoisotopic (exact) mass is 262 g/mol. The normalized spacial score (nSPS) is 12.9. The predicted octanol–water partition coefficient (Wildman–Crippen LogP) is 3.60. The Labute approximate surface area is 111 Å². The molecule has 0 unspecified atom stereocenters. The van der Waals surface area contributed by atoms with E-state index in [4.69, 9.17) is 4.74 Å². The molecule has 1 aromatic rings. The Kier molecular flexibility index (Phi) is 4.90. The molecule has 0 bridgehead atoms. The minimum Gasteiger partial charge on any atom is -0.466 e. The van der Waals surface area contributed by atoms with Crippen molar-refractivity contribution in [2.24, 2.45) is 0 Å². The largest absolute Gasteiger partial charge is 0.466 e. The van der Waals surface area contributed by atoms with Gasteiger partial charge in [-0.05, 0) is 18.9 Å². The molecule has 0 heterocycles. The lowest BCUT2D eigenvalue weighted by Crippen LogP contribution is -2.28. The van der Waals surface area contributed by atoms with Crippen LogP contribution < -0.4 is 0 Å². The van der Waals surface area contributed by atoms with Crippen LogP contribution >= 0.6 is 0 Å². The molecule has 0 saturated carbocycles. The van der Waals surface area contributed by atoms with Crippen LogP contribution in [-0.4, -0.2) is 21.2 Å². The van der Waals surface area contributed by atoms with Gasteiger partial charge in [0.05, 0.1) is 15.2 Å². The first-order valence-electron chi connectivity index (χ1n) is 6.18. The van der Waals surface area contributed by atoms with Crippen molar-refractivity contribution in [3.05, 3.63) is 46.7 Å². The first-order valence-corrected chi connectivity index (χ1v) is 9.68. The molecule has 1 rings (SSSR count). The third-order valence-corrected chi connectivity index (χ3v) is 5.44. The first kappa shape index (κ1) is 14.7. The number of benzene rings is 1. The predicted molar refractivity (Wildman–Crippen MR) is 78.2 cm³/mol. The maximum absolute atomic E-state index is 11.7. The van der Waals surface area contributed by atoms with Crippen LogP contribution in [0.15, 0.2) is 41.1 Å². The van der Waals surface area contributed by atoms with E-state index in [1.165, 1.54) is 17.9 Å². The van der Waals surface area contributed by atoms with Gasteiger partial charge in [-0.15, -0.1) is 0 Å². The maximum Gasteiger partial charge on any atom is 0.333 e. The third kappa shape index (κ3) is 3.84. The summed E-state index contributed by atoms with van der Waals surface area (Å²) in [4.78, 5) is 11.7. The van der Waals surface area contributed by atoms with E-state index >= 15 is 0 Å². The number of allylic oxidation sites excluding steroid dienone is 1. The summed E-state index contributed by atoms with van der Waals surface area (Å²) in [6, 6.07) is 10.3. The standard InChI is InChI=1S/C15H22O2Si/c1-12(15(16)17-2)14(18(3,4)5)11-13-9-7-6-8-10-13/h6-10H,11H2,1-5H3/b14-12-. The van der Waals surface area contributed by atoms with Crippen molar-refractivity contribution in [1.29, 1.82) is 0 Å². The Hall–Kier alpha value is -1.35. The highest BCUT2D eigenvalue weighted by atomic mass is 28.3. The molecule has 0 radical (unpaired) electrons. The quantitative estimate of drug-likeness (QED) is 0.471. The lowest BCUT2D eigenvalue weighted by molar-refractivity contribution is -0.136. The summed E-state index contributed by atoms with van der Waals surface area (Å²) >= 11 is 0. The molecule has 3 heteroatoms. The molecule has 0 saturated heterocycles. The second kappa shape index (κ2) is 6.00. The third-order valence-electron chi connectivity index (χ3n) is 3.07. The zero-order chi connectivity index (χ0) is 13.8. The number of carbonyl (C=O) groups excluding carboxylic acids is 1. The molecular weight excluding hydrogens is 240 g/mol. The summed E-state index contributed by atoms with van der Waals surface area (Å²) in [6.07, 6.45) is 0.845. The smallest absolute Gasteiger partial charge is 0.333 e. The van der Waals surface area contributed by atoms with Crippen molar-refractivity contribution < 1.29 is 9.53 Å². The lowest BCUT2D eigenvalue weighted by atomic mass is 10.1. The molecule has 0 aromatic heterocycles. The van der Waals surface area contributed by atoms with Crippen molar-refractivity contribution >= 4 is 14.0 Å². The van der Waals surface area contributed by atoms with Crippen LogP contribution in [0.25, 0.3) is 0 Å². The Morgan fingerprint density at radius 3 is 2.17 bits per heavy atom. The van der Waals surface area contributed by atoms with Gasteiger partial charge in [-0.25, -0.2) is 4.79 Å². The molecule has 0 spiro atoms. The van der Waals surface area contributed by atoms with Gasteiger partial charge in [0.1, 0.15) is 0 Å². The van der Waals surface area contributed by atoms with Gasteiger partial charge >= 0.3 is 5.97 Å². The van der Waals surface area contributed by atoms with Crippen molar-refractivity contribution in [3.63, 3.8) is 0 Å². The highest BCUT2D eigenvalue weighted by molar-refractivity contribution is 6.83. The van der Waals surface area contributed by atoms with E-state index in [1.807, 2.05) is 25.1 Å². The second-order valence-corrected chi connectivity index (χ2v) is 10.6. The van der Waals surface area contributed by atoms with E-state index in [0.717, 1.165) is 12.0 Å². The molecule has 0 aliphatic heterocycles. The van der Waals surface area contributed by atoms with Crippen molar-refractivity contribution in [1.82, 2.24) is 0 Å². The zero-order valence-electron chi connectivity index (χ0n) is 11.9. The number of rotatable bonds is 4. The van der Waals surface area contributed by atoms with Gasteiger partial charge < -0.3 is 4.74 Å². The molecule has 0 aliphatic carbocycles. The van der Waals surface area contributed by atoms with Crippen LogP contribution in [0, 0.1) is 0 Å². The van der Waals surface area contributed by atoms with Crippen molar-refractivity contribution in [2.45, 2.75) is 33.0 Å². The highest BCUT2D eigenvalue weighted by Crippen LogP contribution is 2.23. The van der Waals surface area contributed by atoms with E-state index in [-0.39, 0.29) is 5.97 Å². The number of ether oxygens (including phenoxy) is 1. The molecule has 1 aromatic carbocycles. The number of esters is 1. The Morgan fingerprint density at radius 1 is 1.17 bits per heavy atom. The van der Waals surface area contributed by atoms with E-state index in [1.54, 1.807) is 0 Å². The second-order valence-electron chi connectivity index (χ2n) is 5.51. The molecule has 2 nitrogen and oxygen atoms in total. The molecular formula is C15H22O2Si. The molecule has 0 N–H and O–H groups in total. The summed E-state index contributed by atoms with van der Waals surface area (Å²) in [7, 11) is -0.0921. The fourth-order valence-corrected chi connectivity index (χ4v) is 4.00. The van der Waals surface area contributed by atoms with E-state index < -0.39 is 8.07 Å². The summed E-state index contributed by atoms with van der Waals surface area (Å²) in [5, 5.41) is 1.26. The van der Waals surface area contributed by atoms with E-state index in [2.05, 4.69) is 31.8 Å². The molecule has 0 atom stereocenters. The van der Waals surface area contributed by atoms with Crippen LogP contribution in [0.3, 0.4) is 0 Å². The van der Waals surface area contributed by atoms with Crippen LogP contribution in [0.5, 0.6) is 0 Å². The summed E-state index contributed by atoms with van der Waals surface area (Å²) in [5.74, 6) is -0.205. The lowest BCUT2D eigenvalue weighted by Gasteiger charge is -2.23.